The minimum atomic E-state index is -0.867. The first-order chi connectivity index (χ1) is 31.6. The summed E-state index contributed by atoms with van der Waals surface area (Å²) >= 11 is 0. The van der Waals surface area contributed by atoms with Crippen LogP contribution in [-0.2, 0) is 71.2 Å². The normalized spacial score (nSPS) is 12.0. The second-order valence-corrected chi connectivity index (χ2v) is 14.2. The molecule has 2 aromatic rings. The van der Waals surface area contributed by atoms with Gasteiger partial charge in [0.15, 0.2) is 0 Å². The molecule has 0 saturated heterocycles. The van der Waals surface area contributed by atoms with Crippen molar-refractivity contribution in [3.8, 4) is 11.1 Å². The van der Waals surface area contributed by atoms with Crippen molar-refractivity contribution in [3.05, 3.63) is 59.7 Å². The minimum absolute atomic E-state index is 0.0412. The van der Waals surface area contributed by atoms with Crippen molar-refractivity contribution in [3.63, 3.8) is 0 Å². The first-order valence-corrected chi connectivity index (χ1v) is 22.4. The van der Waals surface area contributed by atoms with E-state index in [0.717, 1.165) is 0 Å². The Balaban J connectivity index is 0.913. The standard InChI is InChI=1S/C46H71NO17/c48-44(49)12-5-6-13-45(50)63-37-36-62-35-34-61-33-32-60-31-30-59-29-28-58-27-26-57-25-24-56-23-22-55-21-20-54-19-18-53-17-16-52-15-7-14-47-46(51)64-38-43-41-10-3-1-8-39(41)40-9-2-4-11-42(40)43/h1-4,8-11,43H,5-7,12-38H2,(H,47,51)(H,48,49). The maximum atomic E-state index is 12.3. The molecular weight excluding hydrogens is 838 g/mol. The SMILES string of the molecule is O=C(O)CCCCC(=O)OCCOCCOCCOCCOCCOCCOCCOCCOCCOCCOCCOCCCNC(=O)OCC1c2ccccc2-c2ccccc21. The average molecular weight is 910 g/mol. The topological polar surface area (TPSA) is 203 Å². The Kier molecular flexibility index (Phi) is 32.8. The maximum absolute atomic E-state index is 12.3. The van der Waals surface area contributed by atoms with Gasteiger partial charge in [-0.05, 0) is 41.5 Å². The number of fused-ring (bicyclic) bond motifs is 3. The summed E-state index contributed by atoms with van der Waals surface area (Å²) in [5.74, 6) is -1.18. The van der Waals surface area contributed by atoms with Crippen molar-refractivity contribution in [2.45, 2.75) is 38.0 Å². The molecule has 362 valence electrons. The number of carboxylic acids is 1. The zero-order valence-electron chi connectivity index (χ0n) is 37.4. The van der Waals surface area contributed by atoms with Gasteiger partial charge in [-0.2, -0.15) is 0 Å². The number of rotatable bonds is 44. The third-order valence-electron chi connectivity index (χ3n) is 9.31. The highest BCUT2D eigenvalue weighted by molar-refractivity contribution is 5.79. The van der Waals surface area contributed by atoms with E-state index in [2.05, 4.69) is 29.6 Å². The van der Waals surface area contributed by atoms with Crippen LogP contribution in [0.5, 0.6) is 0 Å². The molecule has 0 radical (unpaired) electrons. The third kappa shape index (κ3) is 27.5. The van der Waals surface area contributed by atoms with Crippen LogP contribution < -0.4 is 5.32 Å². The lowest BCUT2D eigenvalue weighted by Crippen LogP contribution is -2.27. The highest BCUT2D eigenvalue weighted by Gasteiger charge is 2.29. The molecule has 1 aliphatic rings. The van der Waals surface area contributed by atoms with Gasteiger partial charge in [0.25, 0.3) is 0 Å². The fraction of sp³-hybridized carbons (Fsp3) is 0.674. The predicted octanol–water partition coefficient (Wildman–Crippen LogP) is 4.29. The van der Waals surface area contributed by atoms with Crippen LogP contribution in [0, 0.1) is 0 Å². The number of esters is 1. The van der Waals surface area contributed by atoms with Crippen LogP contribution in [0.2, 0.25) is 0 Å². The van der Waals surface area contributed by atoms with Crippen LogP contribution in [0.3, 0.4) is 0 Å². The van der Waals surface area contributed by atoms with Crippen molar-refractivity contribution in [1.82, 2.24) is 5.32 Å². The van der Waals surface area contributed by atoms with Crippen molar-refractivity contribution in [2.75, 3.05) is 165 Å². The molecule has 0 heterocycles. The van der Waals surface area contributed by atoms with Gasteiger partial charge in [0, 0.05) is 31.9 Å². The Morgan fingerprint density at radius 2 is 0.766 bits per heavy atom. The van der Waals surface area contributed by atoms with E-state index in [0.29, 0.717) is 171 Å². The van der Waals surface area contributed by atoms with Gasteiger partial charge in [-0.25, -0.2) is 4.79 Å². The molecule has 3 rings (SSSR count). The molecule has 0 aliphatic heterocycles. The number of alkyl carbamates (subject to hydrolysis) is 1. The largest absolute Gasteiger partial charge is 0.481 e. The summed E-state index contributed by atoms with van der Waals surface area (Å²) in [4.78, 5) is 34.2. The van der Waals surface area contributed by atoms with Gasteiger partial charge in [0.05, 0.1) is 139 Å². The molecule has 0 saturated carbocycles. The van der Waals surface area contributed by atoms with Gasteiger partial charge in [0.2, 0.25) is 0 Å². The Labute approximate surface area is 377 Å². The highest BCUT2D eigenvalue weighted by atomic mass is 16.6. The van der Waals surface area contributed by atoms with Crippen molar-refractivity contribution in [1.29, 1.82) is 0 Å². The molecule has 0 bridgehead atoms. The van der Waals surface area contributed by atoms with Gasteiger partial charge in [-0.3, -0.25) is 9.59 Å². The zero-order valence-corrected chi connectivity index (χ0v) is 37.4. The Bertz CT molecular complexity index is 1440. The molecule has 2 N–H and O–H groups in total. The van der Waals surface area contributed by atoms with Crippen LogP contribution in [0.25, 0.3) is 11.1 Å². The molecule has 0 atom stereocenters. The lowest BCUT2D eigenvalue weighted by Gasteiger charge is -2.14. The van der Waals surface area contributed by atoms with E-state index in [9.17, 15) is 14.4 Å². The Morgan fingerprint density at radius 3 is 1.16 bits per heavy atom. The van der Waals surface area contributed by atoms with E-state index >= 15 is 0 Å². The van der Waals surface area contributed by atoms with Crippen LogP contribution in [0.4, 0.5) is 4.79 Å². The molecule has 64 heavy (non-hydrogen) atoms. The van der Waals surface area contributed by atoms with Crippen molar-refractivity contribution < 1.29 is 81.1 Å². The van der Waals surface area contributed by atoms with E-state index in [1.54, 1.807) is 0 Å². The average Bonchev–Trinajstić information content (AvgIpc) is 3.62. The van der Waals surface area contributed by atoms with E-state index < -0.39 is 12.1 Å². The molecule has 0 aromatic heterocycles. The summed E-state index contributed by atoms with van der Waals surface area (Å²) in [5.41, 5.74) is 4.78. The number of amides is 1. The molecule has 0 unspecified atom stereocenters. The fourth-order valence-electron chi connectivity index (χ4n) is 6.15. The monoisotopic (exact) mass is 909 g/mol. The summed E-state index contributed by atoms with van der Waals surface area (Å²) in [6, 6.07) is 16.5. The van der Waals surface area contributed by atoms with Crippen LogP contribution in [0.15, 0.2) is 48.5 Å². The first kappa shape index (κ1) is 54.5. The van der Waals surface area contributed by atoms with Crippen LogP contribution in [-0.4, -0.2) is 188 Å². The number of unbranched alkanes of at least 4 members (excludes halogenated alkanes) is 1. The van der Waals surface area contributed by atoms with Gasteiger partial charge < -0.3 is 72.0 Å². The molecule has 1 aliphatic carbocycles. The smallest absolute Gasteiger partial charge is 0.407 e. The number of ether oxygens (including phenoxy) is 13. The summed E-state index contributed by atoms with van der Waals surface area (Å²) in [6.45, 7) is 10.9. The quantitative estimate of drug-likeness (QED) is 0.0704. The molecule has 18 heteroatoms. The van der Waals surface area contributed by atoms with Crippen molar-refractivity contribution in [2.24, 2.45) is 0 Å². The van der Waals surface area contributed by atoms with E-state index in [-0.39, 0.29) is 37.9 Å². The van der Waals surface area contributed by atoms with E-state index in [1.807, 2.05) is 24.3 Å². The molecule has 0 spiro atoms. The fourth-order valence-corrected chi connectivity index (χ4v) is 6.15. The van der Waals surface area contributed by atoms with E-state index in [1.165, 1.54) is 22.3 Å². The number of aliphatic carboxylic acids is 1. The van der Waals surface area contributed by atoms with Crippen LogP contribution in [0.1, 0.15) is 49.1 Å². The lowest BCUT2D eigenvalue weighted by molar-refractivity contribution is -0.146. The van der Waals surface area contributed by atoms with Gasteiger partial charge in [-0.15, -0.1) is 0 Å². The summed E-state index contributed by atoms with van der Waals surface area (Å²) in [7, 11) is 0. The number of hydrogen-bond donors (Lipinski definition) is 2. The summed E-state index contributed by atoms with van der Waals surface area (Å²) in [6.07, 6.45) is 1.46. The van der Waals surface area contributed by atoms with Gasteiger partial charge >= 0.3 is 18.0 Å². The lowest BCUT2D eigenvalue weighted by atomic mass is 9.98. The predicted molar refractivity (Wildman–Crippen MR) is 234 cm³/mol. The summed E-state index contributed by atoms with van der Waals surface area (Å²) in [5, 5.41) is 11.4. The van der Waals surface area contributed by atoms with Crippen molar-refractivity contribution >= 4 is 18.0 Å². The number of carbonyl (C=O) groups is 3. The second-order valence-electron chi connectivity index (χ2n) is 14.2. The Morgan fingerprint density at radius 1 is 0.422 bits per heavy atom. The second kappa shape index (κ2) is 38.5. The summed E-state index contributed by atoms with van der Waals surface area (Å²) < 4.78 is 70.9. The number of hydrogen-bond acceptors (Lipinski definition) is 16. The number of carbonyl (C=O) groups excluding carboxylic acids is 2. The van der Waals surface area contributed by atoms with E-state index in [4.69, 9.17) is 66.7 Å². The number of nitrogens with one attached hydrogen (secondary N) is 1. The highest BCUT2D eigenvalue weighted by Crippen LogP contribution is 2.44. The molecule has 2 aromatic carbocycles. The third-order valence-corrected chi connectivity index (χ3v) is 9.31. The molecule has 0 fully saturated rings. The maximum Gasteiger partial charge on any atom is 0.407 e. The zero-order chi connectivity index (χ0) is 45.4. The molecule has 1 amide bonds. The van der Waals surface area contributed by atoms with Gasteiger partial charge in [-0.1, -0.05) is 48.5 Å². The van der Waals surface area contributed by atoms with Gasteiger partial charge in [0.1, 0.15) is 13.2 Å². The Hall–Kier alpha value is -3.79. The number of carboxylic acid groups (broad SMARTS) is 1. The molecule has 18 nitrogen and oxygen atoms in total. The molecular formula is C46H71NO17. The van der Waals surface area contributed by atoms with Crippen LogP contribution >= 0.6 is 0 Å². The first-order valence-electron chi connectivity index (χ1n) is 22.4. The number of benzene rings is 2. The minimum Gasteiger partial charge on any atom is -0.481 e.